The molecule has 13 nitrogen and oxygen atoms in total. The molecule has 0 bridgehead atoms. The Bertz CT molecular complexity index is 2420. The summed E-state index contributed by atoms with van der Waals surface area (Å²) in [7, 11) is -2.74. The second-order valence-corrected chi connectivity index (χ2v) is 20.2. The number of nitrogens with one attached hydrogen (secondary N) is 2. The molecule has 2 aromatic heterocycles. The zero-order valence-corrected chi connectivity index (χ0v) is 36.4. The number of benzene rings is 2. The molecule has 1 saturated carbocycles. The number of thiophene rings is 1. The van der Waals surface area contributed by atoms with E-state index in [1.165, 1.54) is 35.0 Å². The van der Waals surface area contributed by atoms with E-state index in [2.05, 4.69) is 10.4 Å². The number of halogens is 1. The Balaban J connectivity index is 0.980. The van der Waals surface area contributed by atoms with Crippen LogP contribution in [-0.2, 0) is 30.7 Å². The van der Waals surface area contributed by atoms with Crippen LogP contribution in [0.4, 0.5) is 4.39 Å². The molecule has 1 spiro atoms. The van der Waals surface area contributed by atoms with Crippen molar-refractivity contribution in [1.29, 1.82) is 0 Å². The minimum absolute atomic E-state index is 0.0226. The van der Waals surface area contributed by atoms with Crippen LogP contribution in [0.25, 0.3) is 10.1 Å². The van der Waals surface area contributed by atoms with Gasteiger partial charge in [-0.3, -0.25) is 28.5 Å². The summed E-state index contributed by atoms with van der Waals surface area (Å²) in [6.07, 6.45) is 9.07. The van der Waals surface area contributed by atoms with Crippen LogP contribution in [-0.4, -0.2) is 80.9 Å². The molecule has 324 valence electrons. The number of hydrogen-bond acceptors (Lipinski definition) is 9. The average Bonchev–Trinajstić information content (AvgIpc) is 3.53. The van der Waals surface area contributed by atoms with E-state index in [1.807, 2.05) is 17.9 Å². The van der Waals surface area contributed by atoms with Crippen LogP contribution >= 0.6 is 18.9 Å². The van der Waals surface area contributed by atoms with E-state index in [4.69, 9.17) is 9.26 Å². The Morgan fingerprint density at radius 2 is 1.77 bits per heavy atom. The molecule has 3 saturated heterocycles. The largest absolute Gasteiger partial charge is 0.465 e. The molecule has 61 heavy (non-hydrogen) atoms. The lowest BCUT2D eigenvalue weighted by molar-refractivity contribution is -0.148. The smallest absolute Gasteiger partial charge is 0.355 e. The molecule has 4 aromatic rings. The van der Waals surface area contributed by atoms with Gasteiger partial charge in [0.2, 0.25) is 17.7 Å². The number of pyridine rings is 1. The summed E-state index contributed by atoms with van der Waals surface area (Å²) in [6, 6.07) is 15.3. The predicted molar refractivity (Wildman–Crippen MR) is 230 cm³/mol. The number of ether oxygens (including phenoxy) is 1. The first-order chi connectivity index (χ1) is 29.3. The summed E-state index contributed by atoms with van der Waals surface area (Å²) in [5.41, 5.74) is 0.634. The number of alkyl halides is 1. The third-order valence-corrected chi connectivity index (χ3v) is 16.0. The standard InChI is InChI=1S/C45H53FN5O8PS/c1-4-22-58-44(56)28(2)48-60(57,59-34-11-6-5-7-12-34)40(46)30-14-17-37-31(23-30)24-38(61-37)41(53)47-35-13-9-8-10-33-15-16-36(51(33)42(35)54)43(55)50-27-32(26-45(50)19-20-45)29-18-21-49(3)39(52)25-29/h5-7,11-12,14,17-18,21,23-25,28,32-33,35-36,40H,4,8-10,13,15-16,19-20,22,26-27H2,1-3H3,(H,47,53)(H,48,57)/t28-,32?,33-,35-,36-,40?,60?/m0/s1. The highest BCUT2D eigenvalue weighted by Crippen LogP contribution is 2.58. The van der Waals surface area contributed by atoms with Gasteiger partial charge in [-0.25, -0.2) is 9.48 Å². The highest BCUT2D eigenvalue weighted by Gasteiger charge is 2.58. The van der Waals surface area contributed by atoms with Crippen molar-refractivity contribution in [2.45, 2.75) is 120 Å². The Morgan fingerprint density at radius 3 is 2.51 bits per heavy atom. The molecule has 2 N–H and O–H groups in total. The van der Waals surface area contributed by atoms with E-state index in [-0.39, 0.29) is 52.8 Å². The maximum atomic E-state index is 16.6. The molecular formula is C45H53FN5O8PS. The van der Waals surface area contributed by atoms with Gasteiger partial charge in [0, 0.05) is 48.1 Å². The molecule has 3 amide bonds. The van der Waals surface area contributed by atoms with Gasteiger partial charge in [0.25, 0.3) is 11.5 Å². The number of likely N-dealkylation sites (tertiary alicyclic amines) is 1. The summed E-state index contributed by atoms with van der Waals surface area (Å²) >= 11 is 1.19. The van der Waals surface area contributed by atoms with Crippen molar-refractivity contribution in [2.24, 2.45) is 7.05 Å². The van der Waals surface area contributed by atoms with E-state index in [0.29, 0.717) is 40.8 Å². The van der Waals surface area contributed by atoms with Crippen molar-refractivity contribution < 1.29 is 37.4 Å². The molecule has 3 aliphatic heterocycles. The van der Waals surface area contributed by atoms with Gasteiger partial charge in [-0.1, -0.05) is 44.0 Å². The summed E-state index contributed by atoms with van der Waals surface area (Å²) in [5, 5.41) is 6.11. The molecule has 4 aliphatic rings. The highest BCUT2D eigenvalue weighted by atomic mass is 32.1. The quantitative estimate of drug-likeness (QED) is 0.104. The number of amides is 3. The normalized spacial score (nSPS) is 24.0. The van der Waals surface area contributed by atoms with Crippen LogP contribution in [0.15, 0.2) is 77.7 Å². The van der Waals surface area contributed by atoms with Gasteiger partial charge in [-0.15, -0.1) is 11.3 Å². The van der Waals surface area contributed by atoms with E-state index >= 15 is 4.39 Å². The SMILES string of the molecule is CCCOC(=O)[C@H](C)NP(=O)(Oc1ccccc1)C(F)c1ccc2sc(C(=O)N[C@H]3CCCC[C@H]4CC[C@@H](C(=O)N5CC(c6ccn(C)c(=O)c6)CC56CC6)N4C3=O)cc2c1. The Labute approximate surface area is 358 Å². The van der Waals surface area contributed by atoms with Gasteiger partial charge < -0.3 is 28.9 Å². The van der Waals surface area contributed by atoms with Gasteiger partial charge in [0.1, 0.15) is 23.9 Å². The molecule has 8 rings (SSSR count). The number of carbonyl (C=O) groups excluding carboxylic acids is 4. The lowest BCUT2D eigenvalue weighted by Gasteiger charge is -2.37. The summed E-state index contributed by atoms with van der Waals surface area (Å²) < 4.78 is 44.1. The number of esters is 1. The second kappa shape index (κ2) is 17.5. The van der Waals surface area contributed by atoms with Gasteiger partial charge in [0.15, 0.2) is 0 Å². The predicted octanol–water partition coefficient (Wildman–Crippen LogP) is 7.35. The van der Waals surface area contributed by atoms with Crippen molar-refractivity contribution in [2.75, 3.05) is 13.2 Å². The van der Waals surface area contributed by atoms with Crippen molar-refractivity contribution in [3.8, 4) is 5.75 Å². The maximum absolute atomic E-state index is 16.6. The molecule has 1 aliphatic carbocycles. The molecule has 16 heteroatoms. The van der Waals surface area contributed by atoms with Crippen LogP contribution in [0, 0.1) is 0 Å². The molecular weight excluding hydrogens is 821 g/mol. The summed E-state index contributed by atoms with van der Waals surface area (Å²) in [4.78, 5) is 72.1. The van der Waals surface area contributed by atoms with Crippen LogP contribution in [0.2, 0.25) is 0 Å². The van der Waals surface area contributed by atoms with Crippen LogP contribution in [0.5, 0.6) is 5.75 Å². The molecule has 2 aromatic carbocycles. The Morgan fingerprint density at radius 1 is 1.00 bits per heavy atom. The average molecular weight is 874 g/mol. The molecule has 5 heterocycles. The minimum atomic E-state index is -4.45. The minimum Gasteiger partial charge on any atom is -0.465 e. The maximum Gasteiger partial charge on any atom is 0.355 e. The number of aryl methyl sites for hydroxylation is 1. The fourth-order valence-electron chi connectivity index (χ4n) is 9.29. The number of hydrogen-bond donors (Lipinski definition) is 2. The molecule has 0 radical (unpaired) electrons. The van der Waals surface area contributed by atoms with Crippen LogP contribution in [0.1, 0.15) is 111 Å². The number of carbonyl (C=O) groups is 4. The summed E-state index contributed by atoms with van der Waals surface area (Å²) in [5.74, 6) is -3.43. The van der Waals surface area contributed by atoms with Gasteiger partial charge in [-0.05, 0) is 111 Å². The van der Waals surface area contributed by atoms with E-state index in [9.17, 15) is 28.5 Å². The Kier molecular flexibility index (Phi) is 12.3. The summed E-state index contributed by atoms with van der Waals surface area (Å²) in [6.45, 7) is 3.94. The lowest BCUT2D eigenvalue weighted by Crippen LogP contribution is -2.57. The number of aromatic nitrogens is 1. The number of para-hydroxylation sites is 1. The van der Waals surface area contributed by atoms with Crippen molar-refractivity contribution >= 4 is 52.6 Å². The molecule has 4 fully saturated rings. The van der Waals surface area contributed by atoms with E-state index in [1.54, 1.807) is 66.7 Å². The highest BCUT2D eigenvalue weighted by molar-refractivity contribution is 7.57. The third kappa shape index (κ3) is 8.79. The fraction of sp³-hybridized carbons (Fsp3) is 0.489. The van der Waals surface area contributed by atoms with E-state index in [0.717, 1.165) is 50.5 Å². The topological polar surface area (TPSA) is 156 Å². The third-order valence-electron chi connectivity index (χ3n) is 12.7. The molecule has 3 unspecified atom stereocenters. The lowest BCUT2D eigenvalue weighted by atomic mass is 9.96. The zero-order chi connectivity index (χ0) is 43.1. The van der Waals surface area contributed by atoms with Crippen molar-refractivity contribution in [3.63, 3.8) is 0 Å². The zero-order valence-electron chi connectivity index (χ0n) is 34.7. The number of fused-ring (bicyclic) bond motifs is 2. The van der Waals surface area contributed by atoms with Crippen molar-refractivity contribution in [3.05, 3.63) is 99.3 Å². The number of rotatable bonds is 13. The molecule has 7 atom stereocenters. The van der Waals surface area contributed by atoms with E-state index < -0.39 is 43.4 Å². The van der Waals surface area contributed by atoms with Crippen LogP contribution in [0.3, 0.4) is 0 Å². The van der Waals surface area contributed by atoms with Crippen molar-refractivity contribution in [1.82, 2.24) is 24.8 Å². The first-order valence-electron chi connectivity index (χ1n) is 21.4. The Hall–Kier alpha value is -4.85. The first-order valence-corrected chi connectivity index (χ1v) is 23.9. The number of nitrogens with zero attached hydrogens (tertiary/aromatic N) is 3. The van der Waals surface area contributed by atoms with Gasteiger partial charge >= 0.3 is 13.5 Å². The fourth-order valence-corrected chi connectivity index (χ4v) is 12.1. The van der Waals surface area contributed by atoms with Gasteiger partial charge in [-0.2, -0.15) is 0 Å². The second-order valence-electron chi connectivity index (χ2n) is 17.0. The van der Waals surface area contributed by atoms with Crippen LogP contribution < -0.4 is 20.5 Å². The van der Waals surface area contributed by atoms with Gasteiger partial charge in [0.05, 0.1) is 11.5 Å². The first kappa shape index (κ1) is 42.8. The monoisotopic (exact) mass is 873 g/mol.